The fourth-order valence-electron chi connectivity index (χ4n) is 1.48. The molecule has 1 saturated carbocycles. The van der Waals surface area contributed by atoms with Gasteiger partial charge < -0.3 is 11.5 Å². The van der Waals surface area contributed by atoms with Gasteiger partial charge in [-0.1, -0.05) is 17.7 Å². The van der Waals surface area contributed by atoms with E-state index in [4.69, 9.17) is 23.1 Å². The highest BCUT2D eigenvalue weighted by atomic mass is 35.5. The normalized spacial score (nSPS) is 18.7. The van der Waals surface area contributed by atoms with Crippen molar-refractivity contribution in [2.75, 3.05) is 5.73 Å². The quantitative estimate of drug-likeness (QED) is 0.677. The molecule has 1 fully saturated rings. The minimum atomic E-state index is -0.171. The van der Waals surface area contributed by atoms with Crippen molar-refractivity contribution in [3.8, 4) is 0 Å². The van der Waals surface area contributed by atoms with Gasteiger partial charge in [0.15, 0.2) is 0 Å². The number of halogens is 1. The lowest BCUT2D eigenvalue weighted by Gasteiger charge is -2.13. The third kappa shape index (κ3) is 1.40. The predicted molar refractivity (Wildman–Crippen MR) is 55.7 cm³/mol. The Balaban J connectivity index is 2.52. The zero-order valence-electron chi connectivity index (χ0n) is 7.60. The van der Waals surface area contributed by atoms with Crippen LogP contribution in [0, 0.1) is 6.92 Å². The first-order valence-corrected chi connectivity index (χ1v) is 4.76. The molecule has 13 heavy (non-hydrogen) atoms. The highest BCUT2D eigenvalue weighted by Crippen LogP contribution is 2.46. The third-order valence-corrected chi connectivity index (χ3v) is 2.99. The molecule has 0 radical (unpaired) electrons. The van der Waals surface area contributed by atoms with Crippen LogP contribution in [-0.4, -0.2) is 0 Å². The summed E-state index contributed by atoms with van der Waals surface area (Å²) in [6.07, 6.45) is 2.05. The van der Waals surface area contributed by atoms with Crippen LogP contribution in [0.4, 0.5) is 5.69 Å². The summed E-state index contributed by atoms with van der Waals surface area (Å²) in [5, 5.41) is 0.697. The van der Waals surface area contributed by atoms with E-state index in [2.05, 4.69) is 0 Å². The standard InChI is InChI=1S/C10H13ClN2/c1-6-4-7(10(13)2-3-10)8(11)5-9(6)12/h4-5H,2-3,12-13H2,1H3. The minimum Gasteiger partial charge on any atom is -0.398 e. The first kappa shape index (κ1) is 8.85. The van der Waals surface area contributed by atoms with Crippen molar-refractivity contribution in [1.29, 1.82) is 0 Å². The molecule has 1 aromatic carbocycles. The second-order valence-electron chi connectivity index (χ2n) is 3.84. The van der Waals surface area contributed by atoms with Gasteiger partial charge in [0.1, 0.15) is 0 Å². The summed E-state index contributed by atoms with van der Waals surface area (Å²) in [5.41, 5.74) is 14.4. The molecule has 0 bridgehead atoms. The van der Waals surface area contributed by atoms with Crippen molar-refractivity contribution in [3.63, 3.8) is 0 Å². The maximum Gasteiger partial charge on any atom is 0.0477 e. The summed E-state index contributed by atoms with van der Waals surface area (Å²) in [7, 11) is 0. The van der Waals surface area contributed by atoms with Crippen molar-refractivity contribution >= 4 is 17.3 Å². The number of aryl methyl sites for hydroxylation is 1. The van der Waals surface area contributed by atoms with E-state index in [0.717, 1.165) is 29.7 Å². The Kier molecular flexibility index (Phi) is 1.79. The highest BCUT2D eigenvalue weighted by Gasteiger charge is 2.41. The first-order valence-electron chi connectivity index (χ1n) is 4.38. The summed E-state index contributed by atoms with van der Waals surface area (Å²) < 4.78 is 0. The smallest absolute Gasteiger partial charge is 0.0477 e. The lowest BCUT2D eigenvalue weighted by Crippen LogP contribution is -2.19. The molecule has 0 aliphatic heterocycles. The maximum absolute atomic E-state index is 6.07. The van der Waals surface area contributed by atoms with Crippen LogP contribution >= 0.6 is 11.6 Å². The van der Waals surface area contributed by atoms with E-state index in [-0.39, 0.29) is 5.54 Å². The second kappa shape index (κ2) is 2.63. The molecule has 0 atom stereocenters. The number of hydrogen-bond donors (Lipinski definition) is 2. The van der Waals surface area contributed by atoms with Gasteiger partial charge >= 0.3 is 0 Å². The lowest BCUT2D eigenvalue weighted by atomic mass is 10.0. The van der Waals surface area contributed by atoms with E-state index in [1.165, 1.54) is 0 Å². The molecule has 0 spiro atoms. The third-order valence-electron chi connectivity index (χ3n) is 2.68. The van der Waals surface area contributed by atoms with Crippen LogP contribution in [0.15, 0.2) is 12.1 Å². The Morgan fingerprint density at radius 3 is 2.54 bits per heavy atom. The Labute approximate surface area is 82.9 Å². The van der Waals surface area contributed by atoms with E-state index in [0.29, 0.717) is 5.02 Å². The molecule has 0 unspecified atom stereocenters. The van der Waals surface area contributed by atoms with E-state index in [1.54, 1.807) is 6.07 Å². The summed E-state index contributed by atoms with van der Waals surface area (Å²) in [5.74, 6) is 0. The van der Waals surface area contributed by atoms with Crippen molar-refractivity contribution in [2.24, 2.45) is 5.73 Å². The SMILES string of the molecule is Cc1cc(C2(N)CC2)c(Cl)cc1N. The Hall–Kier alpha value is -0.730. The Morgan fingerprint density at radius 1 is 1.38 bits per heavy atom. The fourth-order valence-corrected chi connectivity index (χ4v) is 1.84. The number of benzene rings is 1. The largest absolute Gasteiger partial charge is 0.398 e. The molecule has 0 saturated heterocycles. The van der Waals surface area contributed by atoms with E-state index < -0.39 is 0 Å². The Morgan fingerprint density at radius 2 is 2.00 bits per heavy atom. The van der Waals surface area contributed by atoms with Crippen LogP contribution in [0.2, 0.25) is 5.02 Å². The van der Waals surface area contributed by atoms with Gasteiger partial charge in [-0.3, -0.25) is 0 Å². The molecular formula is C10H13ClN2. The highest BCUT2D eigenvalue weighted by molar-refractivity contribution is 6.31. The van der Waals surface area contributed by atoms with Gasteiger partial charge in [-0.2, -0.15) is 0 Å². The van der Waals surface area contributed by atoms with E-state index in [1.807, 2.05) is 13.0 Å². The van der Waals surface area contributed by atoms with Gasteiger partial charge in [0.2, 0.25) is 0 Å². The van der Waals surface area contributed by atoms with Gasteiger partial charge in [0.25, 0.3) is 0 Å². The van der Waals surface area contributed by atoms with Crippen molar-refractivity contribution in [1.82, 2.24) is 0 Å². The summed E-state index contributed by atoms with van der Waals surface area (Å²) in [4.78, 5) is 0. The molecule has 0 aromatic heterocycles. The average molecular weight is 197 g/mol. The van der Waals surface area contributed by atoms with Crippen LogP contribution in [0.3, 0.4) is 0 Å². The zero-order valence-corrected chi connectivity index (χ0v) is 8.36. The van der Waals surface area contributed by atoms with Gasteiger partial charge in [0, 0.05) is 16.2 Å². The van der Waals surface area contributed by atoms with E-state index >= 15 is 0 Å². The predicted octanol–water partition coefficient (Wildman–Crippen LogP) is 2.18. The second-order valence-corrected chi connectivity index (χ2v) is 4.25. The molecular weight excluding hydrogens is 184 g/mol. The van der Waals surface area contributed by atoms with Gasteiger partial charge in [-0.15, -0.1) is 0 Å². The summed E-state index contributed by atoms with van der Waals surface area (Å²) >= 11 is 6.07. The monoisotopic (exact) mass is 196 g/mol. The minimum absolute atomic E-state index is 0.171. The Bertz CT molecular complexity index is 356. The van der Waals surface area contributed by atoms with Crippen molar-refractivity contribution < 1.29 is 0 Å². The van der Waals surface area contributed by atoms with Gasteiger partial charge in [-0.25, -0.2) is 0 Å². The van der Waals surface area contributed by atoms with Crippen LogP contribution in [0.25, 0.3) is 0 Å². The summed E-state index contributed by atoms with van der Waals surface area (Å²) in [6, 6.07) is 3.80. The van der Waals surface area contributed by atoms with Gasteiger partial charge in [0.05, 0.1) is 0 Å². The molecule has 2 rings (SSSR count). The summed E-state index contributed by atoms with van der Waals surface area (Å²) in [6.45, 7) is 1.97. The molecule has 1 aliphatic rings. The molecule has 70 valence electrons. The van der Waals surface area contributed by atoms with Crippen LogP contribution in [0.1, 0.15) is 24.0 Å². The number of nitrogen functional groups attached to an aromatic ring is 1. The molecule has 0 amide bonds. The number of anilines is 1. The molecule has 3 heteroatoms. The van der Waals surface area contributed by atoms with Crippen molar-refractivity contribution in [2.45, 2.75) is 25.3 Å². The molecule has 2 nitrogen and oxygen atoms in total. The molecule has 1 aliphatic carbocycles. The van der Waals surface area contributed by atoms with Crippen LogP contribution in [-0.2, 0) is 5.54 Å². The van der Waals surface area contributed by atoms with E-state index in [9.17, 15) is 0 Å². The lowest BCUT2D eigenvalue weighted by molar-refractivity contribution is 0.739. The molecule has 1 aromatic rings. The van der Waals surface area contributed by atoms with Crippen molar-refractivity contribution in [3.05, 3.63) is 28.3 Å². The topological polar surface area (TPSA) is 52.0 Å². The molecule has 0 heterocycles. The zero-order chi connectivity index (χ0) is 9.64. The average Bonchev–Trinajstić information content (AvgIpc) is 2.77. The van der Waals surface area contributed by atoms with Crippen LogP contribution < -0.4 is 11.5 Å². The fraction of sp³-hybridized carbons (Fsp3) is 0.400. The van der Waals surface area contributed by atoms with Gasteiger partial charge in [-0.05, 0) is 37.0 Å². The number of hydrogen-bond acceptors (Lipinski definition) is 2. The number of nitrogens with two attached hydrogens (primary N) is 2. The first-order chi connectivity index (χ1) is 6.03. The molecule has 4 N–H and O–H groups in total. The van der Waals surface area contributed by atoms with Crippen LogP contribution in [0.5, 0.6) is 0 Å². The number of rotatable bonds is 1. The maximum atomic E-state index is 6.07.